The number of H-pyrrole nitrogens is 1. The Morgan fingerprint density at radius 1 is 0.711 bits per heavy atom. The highest BCUT2D eigenvalue weighted by atomic mass is 16.5. The van der Waals surface area contributed by atoms with E-state index < -0.39 is 0 Å². The van der Waals surface area contributed by atoms with Crippen molar-refractivity contribution in [3.63, 3.8) is 0 Å². The lowest BCUT2D eigenvalue weighted by Gasteiger charge is -2.31. The summed E-state index contributed by atoms with van der Waals surface area (Å²) < 4.78 is 6.12. The lowest BCUT2D eigenvalue weighted by atomic mass is 9.72. The molecule has 6 aromatic rings. The summed E-state index contributed by atoms with van der Waals surface area (Å²) in [6.07, 6.45) is 9.44. The van der Waals surface area contributed by atoms with Gasteiger partial charge >= 0.3 is 0 Å². The number of benzene rings is 5. The molecule has 45 heavy (non-hydrogen) atoms. The van der Waals surface area contributed by atoms with Gasteiger partial charge in [0.2, 0.25) is 0 Å². The summed E-state index contributed by atoms with van der Waals surface area (Å²) in [5, 5.41) is 2.88. The van der Waals surface area contributed by atoms with Crippen molar-refractivity contribution in [2.45, 2.75) is 44.6 Å². The molecule has 8 rings (SSSR count). The Hall–Kier alpha value is -5.08. The molecular formula is C43H39NO. The fourth-order valence-corrected chi connectivity index (χ4v) is 7.05. The average Bonchev–Trinajstić information content (AvgIpc) is 3.72. The van der Waals surface area contributed by atoms with Gasteiger partial charge in [0, 0.05) is 12.4 Å². The Bertz CT molecular complexity index is 1960. The van der Waals surface area contributed by atoms with Crippen molar-refractivity contribution in [1.29, 1.82) is 0 Å². The van der Waals surface area contributed by atoms with Crippen LogP contribution in [0.3, 0.4) is 0 Å². The Kier molecular flexibility index (Phi) is 8.46. The van der Waals surface area contributed by atoms with Gasteiger partial charge in [0.1, 0.15) is 12.4 Å². The van der Waals surface area contributed by atoms with Crippen LogP contribution < -0.4 is 15.2 Å². The summed E-state index contributed by atoms with van der Waals surface area (Å²) in [6, 6.07) is 47.8. The number of nitrogens with one attached hydrogen (secondary N) is 1. The van der Waals surface area contributed by atoms with Crippen LogP contribution in [0.5, 0.6) is 5.75 Å². The van der Waals surface area contributed by atoms with Crippen molar-refractivity contribution in [2.75, 3.05) is 0 Å². The van der Waals surface area contributed by atoms with Crippen LogP contribution in [0.1, 0.15) is 59.4 Å². The molecule has 1 N–H and O–H groups in total. The van der Waals surface area contributed by atoms with Crippen molar-refractivity contribution < 1.29 is 4.74 Å². The highest BCUT2D eigenvalue weighted by molar-refractivity contribution is 5.77. The van der Waals surface area contributed by atoms with Gasteiger partial charge in [-0.3, -0.25) is 0 Å². The lowest BCUT2D eigenvalue weighted by Crippen LogP contribution is -2.38. The minimum Gasteiger partial charge on any atom is -0.489 e. The first kappa shape index (κ1) is 28.7. The second-order valence-electron chi connectivity index (χ2n) is 12.1. The number of fused-ring (bicyclic) bond motifs is 5. The molecular weight excluding hydrogens is 546 g/mol. The molecule has 2 atom stereocenters. The maximum absolute atomic E-state index is 6.12. The molecule has 2 unspecified atom stereocenters. The minimum atomic E-state index is 0.462. The summed E-state index contributed by atoms with van der Waals surface area (Å²) in [4.78, 5) is 2.86. The lowest BCUT2D eigenvalue weighted by molar-refractivity contribution is 0.306. The first-order chi connectivity index (χ1) is 22.3. The Morgan fingerprint density at radius 2 is 1.42 bits per heavy atom. The minimum absolute atomic E-state index is 0.462. The summed E-state index contributed by atoms with van der Waals surface area (Å²) in [5.74, 6) is 1.87. The zero-order valence-electron chi connectivity index (χ0n) is 25.8. The third-order valence-electron chi connectivity index (χ3n) is 9.39. The zero-order valence-corrected chi connectivity index (χ0v) is 25.8. The van der Waals surface area contributed by atoms with Gasteiger partial charge in [-0.1, -0.05) is 122 Å². The van der Waals surface area contributed by atoms with Crippen LogP contribution in [0, 0.1) is 0 Å². The van der Waals surface area contributed by atoms with Gasteiger partial charge in [-0.2, -0.15) is 0 Å². The van der Waals surface area contributed by atoms with E-state index in [9.17, 15) is 0 Å². The smallest absolute Gasteiger partial charge is 0.119 e. The average molecular weight is 586 g/mol. The molecule has 0 fully saturated rings. The van der Waals surface area contributed by atoms with Crippen molar-refractivity contribution >= 4 is 11.6 Å². The van der Waals surface area contributed by atoms with E-state index in [4.69, 9.17) is 4.74 Å². The first-order valence-corrected chi connectivity index (χ1v) is 16.1. The highest BCUT2D eigenvalue weighted by Crippen LogP contribution is 2.40. The monoisotopic (exact) mass is 585 g/mol. The van der Waals surface area contributed by atoms with Crippen LogP contribution in [-0.4, -0.2) is 4.98 Å². The Labute approximate surface area is 266 Å². The van der Waals surface area contributed by atoms with E-state index in [2.05, 4.69) is 133 Å². The molecule has 2 aliphatic carbocycles. The molecule has 5 aromatic carbocycles. The van der Waals surface area contributed by atoms with Gasteiger partial charge in [0.25, 0.3) is 0 Å². The van der Waals surface area contributed by atoms with Crippen molar-refractivity contribution in [1.82, 2.24) is 4.98 Å². The molecule has 0 aliphatic heterocycles. The molecule has 2 nitrogen and oxygen atoms in total. The summed E-state index contributed by atoms with van der Waals surface area (Å²) in [6.45, 7) is 2.99. The molecule has 0 saturated carbocycles. The molecule has 2 aliphatic rings. The summed E-state index contributed by atoms with van der Waals surface area (Å²) >= 11 is 0. The quantitative estimate of drug-likeness (QED) is 0.207. The standard InChI is InChI=1S/C39H34O.C4H5N/c1-27(29-12-6-3-7-13-29)33-22-23-35(31-16-19-32(20-17-31)40-26-28-10-4-2-5-11-28)39-37(33)25-24-36-34-15-9-8-14-30(34)18-21-38(36)39;1-2-4-5-3-1/h2-17,19-21,24-25,27,33H,18,22-23,26H2,1H3;1-5H. The van der Waals surface area contributed by atoms with E-state index in [0.29, 0.717) is 18.4 Å². The fourth-order valence-electron chi connectivity index (χ4n) is 7.05. The third-order valence-corrected chi connectivity index (χ3v) is 9.39. The van der Waals surface area contributed by atoms with Gasteiger partial charge < -0.3 is 9.72 Å². The predicted octanol–water partition coefficient (Wildman–Crippen LogP) is 9.16. The Balaban J connectivity index is 0.000000594. The first-order valence-electron chi connectivity index (χ1n) is 16.1. The number of ether oxygens (including phenoxy) is 1. The third kappa shape index (κ3) is 6.14. The number of rotatable bonds is 6. The summed E-state index contributed by atoms with van der Waals surface area (Å²) in [5.41, 5.74) is 11.0. The molecule has 0 radical (unpaired) electrons. The molecule has 1 heterocycles. The molecule has 0 spiro atoms. The zero-order chi connectivity index (χ0) is 30.4. The molecule has 2 heteroatoms. The van der Waals surface area contributed by atoms with E-state index in [1.165, 1.54) is 55.0 Å². The van der Waals surface area contributed by atoms with E-state index in [0.717, 1.165) is 25.0 Å². The molecule has 1 aromatic heterocycles. The van der Waals surface area contributed by atoms with Crippen molar-refractivity contribution in [3.05, 3.63) is 184 Å². The number of aromatic nitrogens is 1. The summed E-state index contributed by atoms with van der Waals surface area (Å²) in [7, 11) is 0. The van der Waals surface area contributed by atoms with Gasteiger partial charge in [-0.05, 0) is 110 Å². The van der Waals surface area contributed by atoms with Gasteiger partial charge in [0.05, 0.1) is 0 Å². The van der Waals surface area contributed by atoms with Gasteiger partial charge in [0.15, 0.2) is 0 Å². The van der Waals surface area contributed by atoms with Crippen LogP contribution >= 0.6 is 0 Å². The van der Waals surface area contributed by atoms with Crippen molar-refractivity contribution in [3.8, 4) is 16.9 Å². The van der Waals surface area contributed by atoms with E-state index in [-0.39, 0.29) is 0 Å². The number of hydrogen-bond acceptors (Lipinski definition) is 1. The molecule has 222 valence electrons. The fraction of sp³-hybridized carbons (Fsp3) is 0.163. The second kappa shape index (κ2) is 13.3. The highest BCUT2D eigenvalue weighted by Gasteiger charge is 2.28. The Morgan fingerprint density at radius 3 is 2.16 bits per heavy atom. The van der Waals surface area contributed by atoms with Crippen LogP contribution in [-0.2, 0) is 13.0 Å². The van der Waals surface area contributed by atoms with Crippen LogP contribution in [0.2, 0.25) is 0 Å². The van der Waals surface area contributed by atoms with Gasteiger partial charge in [-0.25, -0.2) is 0 Å². The van der Waals surface area contributed by atoms with Crippen LogP contribution in [0.25, 0.3) is 22.8 Å². The SMILES string of the molecule is CC(c1ccccc1)C1CCC(c2ccc(OCc3ccccc3)cc2)=c2c1ccc1c2=CCc2ccccc2-1.c1cc[nH]c1. The number of aromatic amines is 1. The van der Waals surface area contributed by atoms with E-state index >= 15 is 0 Å². The second-order valence-corrected chi connectivity index (χ2v) is 12.1. The maximum Gasteiger partial charge on any atom is 0.119 e. The van der Waals surface area contributed by atoms with E-state index in [1.54, 1.807) is 0 Å². The topological polar surface area (TPSA) is 25.0 Å². The predicted molar refractivity (Wildman–Crippen MR) is 187 cm³/mol. The molecule has 0 bridgehead atoms. The normalized spacial score (nSPS) is 15.3. The van der Waals surface area contributed by atoms with Crippen LogP contribution in [0.4, 0.5) is 0 Å². The van der Waals surface area contributed by atoms with Gasteiger partial charge in [-0.15, -0.1) is 0 Å². The van der Waals surface area contributed by atoms with Crippen LogP contribution in [0.15, 0.2) is 146 Å². The number of hydrogen-bond donors (Lipinski definition) is 1. The molecule has 0 amide bonds. The molecule has 0 saturated heterocycles. The van der Waals surface area contributed by atoms with E-state index in [1.807, 2.05) is 30.6 Å². The maximum atomic E-state index is 6.12. The largest absolute Gasteiger partial charge is 0.489 e. The van der Waals surface area contributed by atoms with Crippen molar-refractivity contribution in [2.24, 2.45) is 0 Å².